The Bertz CT molecular complexity index is 546. The molecule has 1 fully saturated rings. The van der Waals surface area contributed by atoms with E-state index in [1.807, 2.05) is 30.3 Å². The van der Waals surface area contributed by atoms with Crippen molar-refractivity contribution in [3.63, 3.8) is 0 Å². The fraction of sp³-hybridized carbons (Fsp3) is 0.529. The van der Waals surface area contributed by atoms with Gasteiger partial charge in [0.1, 0.15) is 6.61 Å². The number of aliphatic hydroxyl groups is 1. The first kappa shape index (κ1) is 19.0. The first-order chi connectivity index (χ1) is 12.0. The fourth-order valence-electron chi connectivity index (χ4n) is 2.63. The predicted octanol–water partition coefficient (Wildman–Crippen LogP) is 1.01. The third-order valence-corrected chi connectivity index (χ3v) is 4.10. The highest BCUT2D eigenvalue weighted by atomic mass is 16.5. The van der Waals surface area contributed by atoms with Crippen LogP contribution in [0.25, 0.3) is 0 Å². The van der Waals surface area contributed by atoms with Crippen molar-refractivity contribution in [1.29, 1.82) is 0 Å². The molecule has 8 nitrogen and oxygen atoms in total. The Labute approximate surface area is 146 Å². The largest absolute Gasteiger partial charge is 0.465 e. The molecule has 1 heterocycles. The van der Waals surface area contributed by atoms with Gasteiger partial charge >= 0.3 is 12.2 Å². The van der Waals surface area contributed by atoms with Crippen LogP contribution in [0.5, 0.6) is 0 Å². The van der Waals surface area contributed by atoms with E-state index in [4.69, 9.17) is 9.84 Å². The van der Waals surface area contributed by atoms with E-state index in [-0.39, 0.29) is 19.2 Å². The third kappa shape index (κ3) is 6.98. The van der Waals surface area contributed by atoms with Crippen molar-refractivity contribution in [3.8, 4) is 0 Å². The smallest absolute Gasteiger partial charge is 0.407 e. The number of nitrogens with one attached hydrogen (secondary N) is 2. The first-order valence-corrected chi connectivity index (χ1v) is 8.38. The van der Waals surface area contributed by atoms with E-state index in [0.717, 1.165) is 5.56 Å². The predicted molar refractivity (Wildman–Crippen MR) is 91.3 cm³/mol. The van der Waals surface area contributed by atoms with Gasteiger partial charge in [0, 0.05) is 32.2 Å². The molecule has 0 aliphatic carbocycles. The van der Waals surface area contributed by atoms with Gasteiger partial charge in [-0.2, -0.15) is 0 Å². The molecule has 0 saturated carbocycles. The number of hydrogen-bond acceptors (Lipinski definition) is 5. The lowest BCUT2D eigenvalue weighted by Gasteiger charge is -2.31. The number of aliphatic hydroxyl groups excluding tert-OH is 1. The van der Waals surface area contributed by atoms with Crippen LogP contribution < -0.4 is 10.6 Å². The van der Waals surface area contributed by atoms with E-state index in [1.54, 1.807) is 0 Å². The second-order valence-corrected chi connectivity index (χ2v) is 6.05. The van der Waals surface area contributed by atoms with Crippen LogP contribution in [0.3, 0.4) is 0 Å². The number of carbonyl (C=O) groups excluding carboxylic acids is 1. The summed E-state index contributed by atoms with van der Waals surface area (Å²) in [7, 11) is 0. The highest BCUT2D eigenvalue weighted by Gasteiger charge is 2.22. The Balaban J connectivity index is 1.55. The summed E-state index contributed by atoms with van der Waals surface area (Å²) in [6, 6.07) is 9.53. The Morgan fingerprint density at radius 2 is 1.88 bits per heavy atom. The normalized spacial score (nSPS) is 16.3. The van der Waals surface area contributed by atoms with Gasteiger partial charge in [-0.3, -0.25) is 0 Å². The van der Waals surface area contributed by atoms with Gasteiger partial charge in [0.15, 0.2) is 0 Å². The van der Waals surface area contributed by atoms with Crippen LogP contribution in [0.15, 0.2) is 30.3 Å². The lowest BCUT2D eigenvalue weighted by molar-refractivity contribution is 0.117. The molecule has 1 unspecified atom stereocenters. The fourth-order valence-corrected chi connectivity index (χ4v) is 2.63. The molecule has 1 saturated heterocycles. The molecule has 0 bridgehead atoms. The molecule has 1 aromatic rings. The summed E-state index contributed by atoms with van der Waals surface area (Å²) in [6.45, 7) is 1.59. The lowest BCUT2D eigenvalue weighted by Crippen LogP contribution is -2.47. The molecule has 0 aromatic heterocycles. The summed E-state index contributed by atoms with van der Waals surface area (Å²) in [6.07, 6.45) is -0.770. The Morgan fingerprint density at radius 3 is 2.52 bits per heavy atom. The topological polar surface area (TPSA) is 111 Å². The van der Waals surface area contributed by atoms with E-state index in [1.165, 1.54) is 4.90 Å². The summed E-state index contributed by atoms with van der Waals surface area (Å²) in [5.41, 5.74) is 0.896. The van der Waals surface area contributed by atoms with Gasteiger partial charge in [-0.1, -0.05) is 30.3 Å². The monoisotopic (exact) mass is 351 g/mol. The van der Waals surface area contributed by atoms with E-state index in [9.17, 15) is 14.7 Å². The maximum absolute atomic E-state index is 11.6. The van der Waals surface area contributed by atoms with E-state index >= 15 is 0 Å². The molecule has 0 radical (unpaired) electrons. The standard InChI is InChI=1S/C17H25N3O5/c21-15(10-18-14-6-8-20(9-7-14)17(23)24)11-19-16(22)25-12-13-4-2-1-3-5-13/h1-5,14-15,18,21H,6-12H2,(H,19,22)(H,23,24). The van der Waals surface area contributed by atoms with Crippen LogP contribution in [0, 0.1) is 0 Å². The minimum atomic E-state index is -0.892. The van der Waals surface area contributed by atoms with Crippen molar-refractivity contribution in [1.82, 2.24) is 15.5 Å². The van der Waals surface area contributed by atoms with Gasteiger partial charge in [0.05, 0.1) is 6.10 Å². The first-order valence-electron chi connectivity index (χ1n) is 8.38. The van der Waals surface area contributed by atoms with Crippen LogP contribution in [0.1, 0.15) is 18.4 Å². The molecule has 25 heavy (non-hydrogen) atoms. The summed E-state index contributed by atoms with van der Waals surface area (Å²) >= 11 is 0. The lowest BCUT2D eigenvalue weighted by atomic mass is 10.1. The van der Waals surface area contributed by atoms with Gasteiger partial charge in [-0.25, -0.2) is 9.59 Å². The van der Waals surface area contributed by atoms with Crippen molar-refractivity contribution in [2.45, 2.75) is 31.6 Å². The summed E-state index contributed by atoms with van der Waals surface area (Å²) in [4.78, 5) is 23.8. The highest BCUT2D eigenvalue weighted by molar-refractivity contribution is 5.67. The summed E-state index contributed by atoms with van der Waals surface area (Å²) in [5, 5.41) is 24.5. The quantitative estimate of drug-likeness (QED) is 0.583. The molecule has 2 rings (SSSR count). The van der Waals surface area contributed by atoms with Crippen molar-refractivity contribution in [2.24, 2.45) is 0 Å². The SMILES string of the molecule is O=C(NCC(O)CNC1CCN(C(=O)O)CC1)OCc1ccccc1. The minimum absolute atomic E-state index is 0.0919. The maximum Gasteiger partial charge on any atom is 0.407 e. The number of alkyl carbamates (subject to hydrolysis) is 1. The average Bonchev–Trinajstić information content (AvgIpc) is 2.64. The van der Waals surface area contributed by atoms with Crippen LogP contribution in [0.4, 0.5) is 9.59 Å². The zero-order chi connectivity index (χ0) is 18.1. The number of carboxylic acid groups (broad SMARTS) is 1. The van der Waals surface area contributed by atoms with Crippen molar-refractivity contribution < 1.29 is 24.5 Å². The Hall–Kier alpha value is -2.32. The zero-order valence-electron chi connectivity index (χ0n) is 14.1. The van der Waals surface area contributed by atoms with Crippen LogP contribution in [-0.2, 0) is 11.3 Å². The molecular formula is C17H25N3O5. The molecule has 1 aliphatic rings. The summed E-state index contributed by atoms with van der Waals surface area (Å²) < 4.78 is 5.06. The third-order valence-electron chi connectivity index (χ3n) is 4.10. The van der Waals surface area contributed by atoms with Crippen LogP contribution in [0.2, 0.25) is 0 Å². The zero-order valence-corrected chi connectivity index (χ0v) is 14.1. The van der Waals surface area contributed by atoms with Crippen molar-refractivity contribution in [3.05, 3.63) is 35.9 Å². The highest BCUT2D eigenvalue weighted by Crippen LogP contribution is 2.10. The molecule has 4 N–H and O–H groups in total. The molecule has 1 aromatic carbocycles. The Kier molecular flexibility index (Phi) is 7.49. The summed E-state index contributed by atoms with van der Waals surface area (Å²) in [5.74, 6) is 0. The minimum Gasteiger partial charge on any atom is -0.465 e. The number of amides is 2. The number of carbonyl (C=O) groups is 2. The van der Waals surface area contributed by atoms with E-state index < -0.39 is 18.3 Å². The second kappa shape index (κ2) is 9.85. The molecule has 1 atom stereocenters. The van der Waals surface area contributed by atoms with Gasteiger partial charge < -0.3 is 30.5 Å². The van der Waals surface area contributed by atoms with Gasteiger partial charge in [0.25, 0.3) is 0 Å². The molecule has 1 aliphatic heterocycles. The Morgan fingerprint density at radius 1 is 1.20 bits per heavy atom. The van der Waals surface area contributed by atoms with E-state index in [2.05, 4.69) is 10.6 Å². The van der Waals surface area contributed by atoms with Crippen LogP contribution >= 0.6 is 0 Å². The number of nitrogens with zero attached hydrogens (tertiary/aromatic N) is 1. The number of rotatable bonds is 7. The number of ether oxygens (including phenoxy) is 1. The maximum atomic E-state index is 11.6. The number of hydrogen-bond donors (Lipinski definition) is 4. The van der Waals surface area contributed by atoms with Crippen molar-refractivity contribution >= 4 is 12.2 Å². The van der Waals surface area contributed by atoms with Gasteiger partial charge in [-0.15, -0.1) is 0 Å². The number of benzene rings is 1. The average molecular weight is 351 g/mol. The number of likely N-dealkylation sites (tertiary alicyclic amines) is 1. The van der Waals surface area contributed by atoms with Crippen LogP contribution in [-0.4, -0.2) is 65.6 Å². The molecular weight excluding hydrogens is 326 g/mol. The second-order valence-electron chi connectivity index (χ2n) is 6.05. The van der Waals surface area contributed by atoms with Gasteiger partial charge in [-0.05, 0) is 18.4 Å². The molecule has 138 valence electrons. The van der Waals surface area contributed by atoms with Gasteiger partial charge in [0.2, 0.25) is 0 Å². The number of piperidine rings is 1. The molecule has 8 heteroatoms. The van der Waals surface area contributed by atoms with E-state index in [0.29, 0.717) is 32.5 Å². The molecule has 2 amide bonds. The van der Waals surface area contributed by atoms with Crippen molar-refractivity contribution in [2.75, 3.05) is 26.2 Å². The molecule has 0 spiro atoms.